The van der Waals surface area contributed by atoms with Crippen LogP contribution in [0.2, 0.25) is 0 Å². The van der Waals surface area contributed by atoms with Crippen LogP contribution in [-0.4, -0.2) is 49.1 Å². The zero-order chi connectivity index (χ0) is 13.3. The molecule has 102 valence electrons. The molecule has 0 aromatic rings. The van der Waals surface area contributed by atoms with Crippen LogP contribution in [0.1, 0.15) is 19.3 Å². The highest BCUT2D eigenvalue weighted by molar-refractivity contribution is 7.91. The van der Waals surface area contributed by atoms with E-state index in [1.807, 2.05) is 0 Å². The van der Waals surface area contributed by atoms with Crippen molar-refractivity contribution >= 4 is 21.8 Å². The Morgan fingerprint density at radius 1 is 1.22 bits per heavy atom. The van der Waals surface area contributed by atoms with Crippen LogP contribution >= 0.6 is 0 Å². The molecule has 2 unspecified atom stereocenters. The van der Waals surface area contributed by atoms with Gasteiger partial charge in [0, 0.05) is 6.04 Å². The zero-order valence-corrected chi connectivity index (χ0v) is 10.6. The van der Waals surface area contributed by atoms with E-state index >= 15 is 0 Å². The number of carbonyl (C=O) groups is 2. The van der Waals surface area contributed by atoms with E-state index in [9.17, 15) is 18.0 Å². The third-order valence-electron chi connectivity index (χ3n) is 3.21. The fourth-order valence-corrected chi connectivity index (χ4v) is 3.76. The fourth-order valence-electron chi connectivity index (χ4n) is 2.09. The van der Waals surface area contributed by atoms with E-state index in [4.69, 9.17) is 5.11 Å². The molecule has 1 saturated carbocycles. The van der Waals surface area contributed by atoms with Crippen LogP contribution in [0.25, 0.3) is 0 Å². The van der Waals surface area contributed by atoms with Gasteiger partial charge in [0.25, 0.3) is 0 Å². The molecule has 2 aliphatic rings. The lowest BCUT2D eigenvalue weighted by molar-refractivity contribution is -0.139. The van der Waals surface area contributed by atoms with Crippen LogP contribution < -0.4 is 10.6 Å². The van der Waals surface area contributed by atoms with E-state index in [2.05, 4.69) is 10.6 Å². The molecule has 2 rings (SSSR count). The Labute approximate surface area is 105 Å². The number of rotatable bonds is 4. The summed E-state index contributed by atoms with van der Waals surface area (Å²) in [6.45, 7) is 0. The molecule has 1 heterocycles. The number of amides is 2. The molecule has 0 spiro atoms. The predicted molar refractivity (Wildman–Crippen MR) is 62.9 cm³/mol. The molecule has 1 saturated heterocycles. The number of hydrogen-bond acceptors (Lipinski definition) is 4. The molecule has 2 fully saturated rings. The van der Waals surface area contributed by atoms with E-state index in [0.29, 0.717) is 6.42 Å². The minimum atomic E-state index is -3.05. The SMILES string of the molecule is O=C(NC1CCS(=O)(=O)C1)NC(C(=O)O)C1CC1. The lowest BCUT2D eigenvalue weighted by atomic mass is 10.2. The maximum atomic E-state index is 11.6. The van der Waals surface area contributed by atoms with Gasteiger partial charge in [-0.1, -0.05) is 0 Å². The molecule has 0 radical (unpaired) electrons. The Hall–Kier alpha value is -1.31. The fraction of sp³-hybridized carbons (Fsp3) is 0.800. The van der Waals surface area contributed by atoms with Crippen molar-refractivity contribution in [3.05, 3.63) is 0 Å². The average molecular weight is 276 g/mol. The number of nitrogens with one attached hydrogen (secondary N) is 2. The van der Waals surface area contributed by atoms with Crippen molar-refractivity contribution in [3.8, 4) is 0 Å². The number of carbonyl (C=O) groups excluding carboxylic acids is 1. The van der Waals surface area contributed by atoms with Gasteiger partial charge in [0.2, 0.25) is 0 Å². The Balaban J connectivity index is 1.83. The van der Waals surface area contributed by atoms with E-state index < -0.39 is 33.9 Å². The second-order valence-electron chi connectivity index (χ2n) is 4.87. The molecule has 2 atom stereocenters. The first-order valence-electron chi connectivity index (χ1n) is 5.87. The molecule has 8 heteroatoms. The molecule has 1 aliphatic carbocycles. The number of carboxylic acid groups (broad SMARTS) is 1. The monoisotopic (exact) mass is 276 g/mol. The normalized spacial score (nSPS) is 27.4. The van der Waals surface area contributed by atoms with E-state index in [1.54, 1.807) is 0 Å². The summed E-state index contributed by atoms with van der Waals surface area (Å²) in [5, 5.41) is 13.8. The number of carboxylic acids is 1. The first-order valence-corrected chi connectivity index (χ1v) is 7.70. The molecule has 3 N–H and O–H groups in total. The van der Waals surface area contributed by atoms with Crippen LogP contribution in [0.4, 0.5) is 4.79 Å². The van der Waals surface area contributed by atoms with Crippen molar-refractivity contribution in [2.45, 2.75) is 31.3 Å². The van der Waals surface area contributed by atoms with Gasteiger partial charge in [-0.2, -0.15) is 0 Å². The lowest BCUT2D eigenvalue weighted by Gasteiger charge is -2.16. The average Bonchev–Trinajstić information content (AvgIpc) is 3.01. The number of hydrogen-bond donors (Lipinski definition) is 3. The molecule has 7 nitrogen and oxygen atoms in total. The summed E-state index contributed by atoms with van der Waals surface area (Å²) in [5.74, 6) is -1.04. The second kappa shape index (κ2) is 4.75. The summed E-state index contributed by atoms with van der Waals surface area (Å²) >= 11 is 0. The summed E-state index contributed by atoms with van der Waals surface area (Å²) < 4.78 is 22.4. The molecular weight excluding hydrogens is 260 g/mol. The number of urea groups is 1. The molecule has 0 aromatic carbocycles. The van der Waals surface area contributed by atoms with E-state index in [1.165, 1.54) is 0 Å². The van der Waals surface area contributed by atoms with Crippen molar-refractivity contribution in [1.82, 2.24) is 10.6 Å². The maximum Gasteiger partial charge on any atom is 0.326 e. The topological polar surface area (TPSA) is 113 Å². The van der Waals surface area contributed by atoms with Gasteiger partial charge in [-0.15, -0.1) is 0 Å². The summed E-state index contributed by atoms with van der Waals surface area (Å²) in [6.07, 6.45) is 1.99. The zero-order valence-electron chi connectivity index (χ0n) is 9.76. The minimum Gasteiger partial charge on any atom is -0.480 e. The summed E-state index contributed by atoms with van der Waals surface area (Å²) in [4.78, 5) is 22.5. The second-order valence-corrected chi connectivity index (χ2v) is 7.10. The van der Waals surface area contributed by atoms with Gasteiger partial charge >= 0.3 is 12.0 Å². The third kappa shape index (κ3) is 3.34. The van der Waals surface area contributed by atoms with Gasteiger partial charge in [0.05, 0.1) is 11.5 Å². The van der Waals surface area contributed by atoms with Gasteiger partial charge < -0.3 is 15.7 Å². The van der Waals surface area contributed by atoms with Crippen molar-refractivity contribution in [2.75, 3.05) is 11.5 Å². The van der Waals surface area contributed by atoms with Crippen molar-refractivity contribution in [2.24, 2.45) is 5.92 Å². The van der Waals surface area contributed by atoms with Gasteiger partial charge in [0.1, 0.15) is 6.04 Å². The lowest BCUT2D eigenvalue weighted by Crippen LogP contribution is -2.50. The molecule has 18 heavy (non-hydrogen) atoms. The molecule has 0 aromatic heterocycles. The van der Waals surface area contributed by atoms with Crippen LogP contribution in [0.15, 0.2) is 0 Å². The quantitative estimate of drug-likeness (QED) is 0.630. The maximum absolute atomic E-state index is 11.6. The Morgan fingerprint density at radius 2 is 1.89 bits per heavy atom. The summed E-state index contributed by atoms with van der Waals surface area (Å²) in [6, 6.07) is -1.89. The van der Waals surface area contributed by atoms with Gasteiger partial charge in [-0.05, 0) is 25.2 Å². The Bertz CT molecular complexity index is 457. The predicted octanol–water partition coefficient (Wildman–Crippen LogP) is -0.664. The first kappa shape index (κ1) is 13.1. The summed E-state index contributed by atoms with van der Waals surface area (Å²) in [7, 11) is -3.05. The van der Waals surface area contributed by atoms with Gasteiger partial charge in [-0.3, -0.25) is 0 Å². The smallest absolute Gasteiger partial charge is 0.326 e. The highest BCUT2D eigenvalue weighted by Gasteiger charge is 2.38. The molecular formula is C10H16N2O5S. The molecule has 2 amide bonds. The van der Waals surface area contributed by atoms with Crippen LogP contribution in [0.5, 0.6) is 0 Å². The van der Waals surface area contributed by atoms with Crippen LogP contribution in [0, 0.1) is 5.92 Å². The van der Waals surface area contributed by atoms with Crippen LogP contribution in [-0.2, 0) is 14.6 Å². The molecule has 0 bridgehead atoms. The van der Waals surface area contributed by atoms with Crippen molar-refractivity contribution < 1.29 is 23.1 Å². The molecule has 1 aliphatic heterocycles. The van der Waals surface area contributed by atoms with Crippen molar-refractivity contribution in [1.29, 1.82) is 0 Å². The van der Waals surface area contributed by atoms with E-state index in [-0.39, 0.29) is 17.4 Å². The van der Waals surface area contributed by atoms with Gasteiger partial charge in [0.15, 0.2) is 9.84 Å². The van der Waals surface area contributed by atoms with Gasteiger partial charge in [-0.25, -0.2) is 18.0 Å². The van der Waals surface area contributed by atoms with Crippen LogP contribution in [0.3, 0.4) is 0 Å². The summed E-state index contributed by atoms with van der Waals surface area (Å²) in [5.41, 5.74) is 0. The number of aliphatic carboxylic acids is 1. The Kier molecular flexibility index (Phi) is 3.47. The highest BCUT2D eigenvalue weighted by Crippen LogP contribution is 2.32. The Morgan fingerprint density at radius 3 is 2.33 bits per heavy atom. The minimum absolute atomic E-state index is 0.000519. The highest BCUT2D eigenvalue weighted by atomic mass is 32.2. The first-order chi connectivity index (χ1) is 8.37. The van der Waals surface area contributed by atoms with E-state index in [0.717, 1.165) is 12.8 Å². The standard InChI is InChI=1S/C10H16N2O5S/c13-9(14)8(6-1-2-6)12-10(15)11-7-3-4-18(16,17)5-7/h6-8H,1-5H2,(H,13,14)(H2,11,12,15). The largest absolute Gasteiger partial charge is 0.480 e. The third-order valence-corrected chi connectivity index (χ3v) is 4.98. The number of sulfone groups is 1. The van der Waals surface area contributed by atoms with Crippen molar-refractivity contribution in [3.63, 3.8) is 0 Å².